The van der Waals surface area contributed by atoms with Gasteiger partial charge in [0.2, 0.25) is 0 Å². The summed E-state index contributed by atoms with van der Waals surface area (Å²) in [6.07, 6.45) is 4.00. The first-order valence-corrected chi connectivity index (χ1v) is 8.42. The van der Waals surface area contributed by atoms with Gasteiger partial charge in [-0.3, -0.25) is 0 Å². The van der Waals surface area contributed by atoms with Crippen molar-refractivity contribution in [1.29, 1.82) is 0 Å². The van der Waals surface area contributed by atoms with Crippen molar-refractivity contribution in [3.05, 3.63) is 16.1 Å². The Bertz CT molecular complexity index is 405. The zero-order valence-electron chi connectivity index (χ0n) is 13.0. The first-order valence-electron chi connectivity index (χ1n) is 7.54. The van der Waals surface area contributed by atoms with E-state index < -0.39 is 0 Å². The third-order valence-electron chi connectivity index (χ3n) is 4.36. The van der Waals surface area contributed by atoms with Crippen molar-refractivity contribution in [1.82, 2.24) is 10.3 Å². The summed E-state index contributed by atoms with van der Waals surface area (Å²) in [5.74, 6) is 1.75. The summed E-state index contributed by atoms with van der Waals surface area (Å²) in [6, 6.07) is 0.686. The Morgan fingerprint density at radius 3 is 2.58 bits per heavy atom. The monoisotopic (exact) mass is 280 g/mol. The van der Waals surface area contributed by atoms with Crippen LogP contribution in [0.3, 0.4) is 0 Å². The van der Waals surface area contributed by atoms with Crippen molar-refractivity contribution in [2.24, 2.45) is 11.8 Å². The molecule has 3 heteroatoms. The summed E-state index contributed by atoms with van der Waals surface area (Å²) >= 11 is 1.79. The van der Waals surface area contributed by atoms with E-state index in [1.54, 1.807) is 11.3 Å². The molecule has 3 unspecified atom stereocenters. The fourth-order valence-electron chi connectivity index (χ4n) is 2.71. The maximum atomic E-state index is 4.76. The third-order valence-corrected chi connectivity index (χ3v) is 5.68. The second kappa shape index (κ2) is 5.92. The minimum absolute atomic E-state index is 0.178. The minimum atomic E-state index is 0.178. The summed E-state index contributed by atoms with van der Waals surface area (Å²) in [7, 11) is 0. The molecule has 2 nitrogen and oxygen atoms in total. The lowest BCUT2D eigenvalue weighted by molar-refractivity contribution is 0.225. The smallest absolute Gasteiger partial charge is 0.0982 e. The average Bonchev–Trinajstić information content (AvgIpc) is 2.79. The molecular formula is C16H28N2S. The lowest BCUT2D eigenvalue weighted by Crippen LogP contribution is -2.35. The summed E-state index contributed by atoms with van der Waals surface area (Å²) in [5.41, 5.74) is 1.39. The Morgan fingerprint density at radius 2 is 2.00 bits per heavy atom. The number of nitrogens with one attached hydrogen (secondary N) is 1. The van der Waals surface area contributed by atoms with E-state index in [-0.39, 0.29) is 5.41 Å². The van der Waals surface area contributed by atoms with E-state index in [2.05, 4.69) is 45.3 Å². The molecule has 1 aliphatic carbocycles. The van der Waals surface area contributed by atoms with Crippen LogP contribution in [0.5, 0.6) is 0 Å². The molecule has 0 saturated heterocycles. The summed E-state index contributed by atoms with van der Waals surface area (Å²) < 4.78 is 0. The second-order valence-electron chi connectivity index (χ2n) is 7.24. The highest BCUT2D eigenvalue weighted by molar-refractivity contribution is 7.09. The number of thiazole rings is 1. The van der Waals surface area contributed by atoms with Crippen molar-refractivity contribution < 1.29 is 0 Å². The Balaban J connectivity index is 1.84. The number of aromatic nitrogens is 1. The van der Waals surface area contributed by atoms with Gasteiger partial charge >= 0.3 is 0 Å². The Hall–Kier alpha value is -0.410. The van der Waals surface area contributed by atoms with Crippen LogP contribution in [-0.4, -0.2) is 11.0 Å². The van der Waals surface area contributed by atoms with E-state index in [0.29, 0.717) is 6.04 Å². The molecule has 0 aromatic carbocycles. The molecular weight excluding hydrogens is 252 g/mol. The van der Waals surface area contributed by atoms with Crippen LogP contribution in [0.2, 0.25) is 0 Å². The summed E-state index contributed by atoms with van der Waals surface area (Å²) in [6.45, 7) is 12.4. The van der Waals surface area contributed by atoms with Gasteiger partial charge in [0, 0.05) is 23.4 Å². The van der Waals surface area contributed by atoms with E-state index in [1.165, 1.54) is 30.0 Å². The van der Waals surface area contributed by atoms with Crippen molar-refractivity contribution in [2.75, 3.05) is 0 Å². The molecule has 1 aromatic heterocycles. The molecule has 0 bridgehead atoms. The van der Waals surface area contributed by atoms with E-state index in [9.17, 15) is 0 Å². The quantitative estimate of drug-likeness (QED) is 0.890. The molecule has 1 heterocycles. The van der Waals surface area contributed by atoms with E-state index in [0.717, 1.165) is 18.4 Å². The van der Waals surface area contributed by atoms with Gasteiger partial charge in [-0.2, -0.15) is 0 Å². The van der Waals surface area contributed by atoms with Crippen LogP contribution in [0.25, 0.3) is 0 Å². The van der Waals surface area contributed by atoms with Gasteiger partial charge in [0.05, 0.1) is 10.7 Å². The van der Waals surface area contributed by atoms with E-state index in [1.807, 2.05) is 0 Å². The molecule has 1 aromatic rings. The molecule has 1 saturated carbocycles. The van der Waals surface area contributed by atoms with Crippen LogP contribution in [-0.2, 0) is 12.0 Å². The topological polar surface area (TPSA) is 24.9 Å². The zero-order valence-corrected chi connectivity index (χ0v) is 13.8. The predicted molar refractivity (Wildman–Crippen MR) is 83.6 cm³/mol. The molecule has 19 heavy (non-hydrogen) atoms. The SMILES string of the molecule is CC1CCC(NCc2csc(C(C)(C)C)n2)CC1C. The average molecular weight is 280 g/mol. The van der Waals surface area contributed by atoms with Gasteiger partial charge in [-0.05, 0) is 31.1 Å². The van der Waals surface area contributed by atoms with E-state index in [4.69, 9.17) is 4.98 Å². The second-order valence-corrected chi connectivity index (χ2v) is 8.10. The highest BCUT2D eigenvalue weighted by Gasteiger charge is 2.24. The van der Waals surface area contributed by atoms with Crippen molar-refractivity contribution >= 4 is 11.3 Å². The lowest BCUT2D eigenvalue weighted by Gasteiger charge is -2.32. The van der Waals surface area contributed by atoms with Gasteiger partial charge in [0.25, 0.3) is 0 Å². The standard InChI is InChI=1S/C16H28N2S/c1-11-6-7-13(8-12(11)2)17-9-14-10-19-15(18-14)16(3,4)5/h10-13,17H,6-9H2,1-5H3. The Kier molecular flexibility index (Phi) is 4.67. The van der Waals surface area contributed by atoms with Crippen LogP contribution >= 0.6 is 11.3 Å². The van der Waals surface area contributed by atoms with E-state index >= 15 is 0 Å². The fourth-order valence-corrected chi connectivity index (χ4v) is 3.62. The summed E-state index contributed by atoms with van der Waals surface area (Å²) in [4.78, 5) is 4.76. The minimum Gasteiger partial charge on any atom is -0.308 e. The van der Waals surface area contributed by atoms with Gasteiger partial charge < -0.3 is 5.32 Å². The largest absolute Gasteiger partial charge is 0.308 e. The molecule has 0 spiro atoms. The molecule has 0 aliphatic heterocycles. The fraction of sp³-hybridized carbons (Fsp3) is 0.812. The molecule has 1 aliphatic rings. The zero-order chi connectivity index (χ0) is 14.0. The molecule has 2 rings (SSSR count). The molecule has 1 fully saturated rings. The number of hydrogen-bond acceptors (Lipinski definition) is 3. The number of nitrogens with zero attached hydrogens (tertiary/aromatic N) is 1. The molecule has 0 radical (unpaired) electrons. The number of hydrogen-bond donors (Lipinski definition) is 1. The summed E-state index contributed by atoms with van der Waals surface area (Å²) in [5, 5.41) is 7.15. The van der Waals surface area contributed by atoms with Crippen molar-refractivity contribution in [3.8, 4) is 0 Å². The van der Waals surface area contributed by atoms with Crippen LogP contribution in [0, 0.1) is 11.8 Å². The van der Waals surface area contributed by atoms with Gasteiger partial charge in [-0.25, -0.2) is 4.98 Å². The van der Waals surface area contributed by atoms with Gasteiger partial charge in [-0.15, -0.1) is 11.3 Å². The Labute approximate surface area is 122 Å². The molecule has 1 N–H and O–H groups in total. The van der Waals surface area contributed by atoms with Gasteiger partial charge in [0.1, 0.15) is 0 Å². The van der Waals surface area contributed by atoms with Crippen molar-refractivity contribution in [3.63, 3.8) is 0 Å². The Morgan fingerprint density at radius 1 is 1.26 bits per heavy atom. The first kappa shape index (κ1) is 15.0. The number of rotatable bonds is 3. The van der Waals surface area contributed by atoms with Gasteiger partial charge in [-0.1, -0.05) is 34.6 Å². The van der Waals surface area contributed by atoms with Crippen LogP contribution in [0.15, 0.2) is 5.38 Å². The van der Waals surface area contributed by atoms with Crippen LogP contribution < -0.4 is 5.32 Å². The highest BCUT2D eigenvalue weighted by atomic mass is 32.1. The highest BCUT2D eigenvalue weighted by Crippen LogP contribution is 2.30. The van der Waals surface area contributed by atoms with Crippen LogP contribution in [0.4, 0.5) is 0 Å². The lowest BCUT2D eigenvalue weighted by atomic mass is 9.79. The van der Waals surface area contributed by atoms with Gasteiger partial charge in [0.15, 0.2) is 0 Å². The normalized spacial score (nSPS) is 28.6. The molecule has 108 valence electrons. The maximum absolute atomic E-state index is 4.76. The molecule has 0 amide bonds. The van der Waals surface area contributed by atoms with Crippen molar-refractivity contribution in [2.45, 2.75) is 71.9 Å². The van der Waals surface area contributed by atoms with Crippen LogP contribution in [0.1, 0.15) is 64.6 Å². The maximum Gasteiger partial charge on any atom is 0.0982 e. The molecule has 3 atom stereocenters. The third kappa shape index (κ3) is 4.03. The first-order chi connectivity index (χ1) is 8.86. The predicted octanol–water partition coefficient (Wildman–Crippen LogP) is 4.35.